The van der Waals surface area contributed by atoms with Crippen LogP contribution in [0.3, 0.4) is 0 Å². The molecular weight excluding hydrogens is 268 g/mol. The number of ether oxygens (including phenoxy) is 1. The number of hydrogen-bond acceptors (Lipinski definition) is 5. The van der Waals surface area contributed by atoms with Crippen molar-refractivity contribution >= 4 is 5.95 Å². The Morgan fingerprint density at radius 2 is 2.24 bits per heavy atom. The van der Waals surface area contributed by atoms with E-state index in [0.717, 1.165) is 56.6 Å². The van der Waals surface area contributed by atoms with E-state index >= 15 is 0 Å². The molecule has 2 aromatic rings. The third-order valence-electron chi connectivity index (χ3n) is 3.23. The first-order chi connectivity index (χ1) is 10.2. The highest BCUT2D eigenvalue weighted by Gasteiger charge is 2.06. The predicted molar refractivity (Wildman–Crippen MR) is 81.3 cm³/mol. The normalized spacial score (nSPS) is 11.0. The van der Waals surface area contributed by atoms with Gasteiger partial charge >= 0.3 is 0 Å². The molecule has 116 valence electrons. The summed E-state index contributed by atoms with van der Waals surface area (Å²) in [6.45, 7) is 7.27. The smallest absolute Gasteiger partial charge is 0.203 e. The summed E-state index contributed by atoms with van der Waals surface area (Å²) in [6.07, 6.45) is 5.59. The number of anilines is 1. The van der Waals surface area contributed by atoms with Gasteiger partial charge in [-0.2, -0.15) is 0 Å². The van der Waals surface area contributed by atoms with Crippen molar-refractivity contribution < 1.29 is 4.74 Å². The molecule has 0 bridgehead atoms. The minimum atomic E-state index is 0.770. The third kappa shape index (κ3) is 4.56. The number of aryl methyl sites for hydroxylation is 3. The summed E-state index contributed by atoms with van der Waals surface area (Å²) >= 11 is 0. The lowest BCUT2D eigenvalue weighted by Crippen LogP contribution is -2.13. The van der Waals surface area contributed by atoms with Crippen LogP contribution in [0, 0.1) is 6.92 Å². The van der Waals surface area contributed by atoms with E-state index in [1.54, 1.807) is 6.33 Å². The van der Waals surface area contributed by atoms with Crippen LogP contribution in [0.4, 0.5) is 5.95 Å². The first-order valence-electron chi connectivity index (χ1n) is 7.39. The van der Waals surface area contributed by atoms with Crippen molar-refractivity contribution in [1.82, 2.24) is 24.3 Å². The van der Waals surface area contributed by atoms with E-state index in [2.05, 4.69) is 31.3 Å². The fraction of sp³-hybridized carbons (Fsp3) is 0.643. The molecule has 0 saturated carbocycles. The predicted octanol–water partition coefficient (Wildman–Crippen LogP) is 1.40. The van der Waals surface area contributed by atoms with Crippen molar-refractivity contribution in [2.75, 3.05) is 25.1 Å². The van der Waals surface area contributed by atoms with E-state index in [1.165, 1.54) is 0 Å². The molecule has 0 aliphatic carbocycles. The molecule has 1 N–H and O–H groups in total. The Hall–Kier alpha value is -1.89. The molecule has 0 unspecified atom stereocenters. The van der Waals surface area contributed by atoms with Crippen molar-refractivity contribution in [1.29, 1.82) is 0 Å². The van der Waals surface area contributed by atoms with Crippen LogP contribution in [0.1, 0.15) is 24.9 Å². The Morgan fingerprint density at radius 3 is 2.95 bits per heavy atom. The van der Waals surface area contributed by atoms with Crippen molar-refractivity contribution in [2.45, 2.75) is 33.2 Å². The number of aromatic nitrogens is 5. The second-order valence-electron chi connectivity index (χ2n) is 4.98. The molecule has 7 heteroatoms. The second-order valence-corrected chi connectivity index (χ2v) is 4.98. The standard InChI is InChI=1S/C14H24N6O/c1-4-21-9-5-8-20-10-12(2)17-14(20)15-7-6-13-18-16-11-19(13)3/h10-11H,4-9H2,1-3H3,(H,15,17). The molecule has 0 aromatic carbocycles. The number of rotatable bonds is 9. The lowest BCUT2D eigenvalue weighted by molar-refractivity contribution is 0.142. The second kappa shape index (κ2) is 7.78. The van der Waals surface area contributed by atoms with Gasteiger partial charge in [0.1, 0.15) is 12.2 Å². The molecule has 0 aliphatic rings. The summed E-state index contributed by atoms with van der Waals surface area (Å²) in [5, 5.41) is 11.3. The van der Waals surface area contributed by atoms with Crippen LogP contribution in [-0.4, -0.2) is 44.1 Å². The van der Waals surface area contributed by atoms with E-state index in [9.17, 15) is 0 Å². The zero-order valence-corrected chi connectivity index (χ0v) is 13.0. The minimum absolute atomic E-state index is 0.770. The van der Waals surface area contributed by atoms with Gasteiger partial charge in [0.05, 0.1) is 5.69 Å². The molecule has 21 heavy (non-hydrogen) atoms. The Bertz CT molecular complexity index is 547. The molecule has 0 atom stereocenters. The summed E-state index contributed by atoms with van der Waals surface area (Å²) in [5.41, 5.74) is 1.02. The molecule has 0 saturated heterocycles. The molecule has 7 nitrogen and oxygen atoms in total. The first-order valence-corrected chi connectivity index (χ1v) is 7.39. The van der Waals surface area contributed by atoms with Gasteiger partial charge in [-0.25, -0.2) is 4.98 Å². The third-order valence-corrected chi connectivity index (χ3v) is 3.23. The van der Waals surface area contributed by atoms with Gasteiger partial charge in [-0.3, -0.25) is 0 Å². The van der Waals surface area contributed by atoms with Crippen LogP contribution in [0.2, 0.25) is 0 Å². The SMILES string of the molecule is CCOCCCn1cc(C)nc1NCCc1nncn1C. The van der Waals surface area contributed by atoms with E-state index in [-0.39, 0.29) is 0 Å². The van der Waals surface area contributed by atoms with Gasteiger partial charge in [-0.15, -0.1) is 10.2 Å². The van der Waals surface area contributed by atoms with Crippen LogP contribution >= 0.6 is 0 Å². The van der Waals surface area contributed by atoms with Gasteiger partial charge < -0.3 is 19.2 Å². The Balaban J connectivity index is 1.83. The highest BCUT2D eigenvalue weighted by Crippen LogP contribution is 2.09. The van der Waals surface area contributed by atoms with Crippen LogP contribution in [0.15, 0.2) is 12.5 Å². The topological polar surface area (TPSA) is 69.8 Å². The van der Waals surface area contributed by atoms with Gasteiger partial charge in [-0.1, -0.05) is 0 Å². The van der Waals surface area contributed by atoms with Crippen molar-refractivity contribution in [3.05, 3.63) is 24.0 Å². The van der Waals surface area contributed by atoms with Gasteiger partial charge in [-0.05, 0) is 20.3 Å². The lowest BCUT2D eigenvalue weighted by Gasteiger charge is -2.09. The van der Waals surface area contributed by atoms with Gasteiger partial charge in [0.15, 0.2) is 0 Å². The summed E-state index contributed by atoms with van der Waals surface area (Å²) in [6, 6.07) is 0. The molecule has 2 rings (SSSR count). The summed E-state index contributed by atoms with van der Waals surface area (Å²) in [4.78, 5) is 4.52. The zero-order chi connectivity index (χ0) is 15.1. The monoisotopic (exact) mass is 292 g/mol. The summed E-state index contributed by atoms with van der Waals surface area (Å²) < 4.78 is 9.45. The van der Waals surface area contributed by atoms with Crippen LogP contribution in [0.5, 0.6) is 0 Å². The zero-order valence-electron chi connectivity index (χ0n) is 13.0. The van der Waals surface area contributed by atoms with Gasteiger partial charge in [0.2, 0.25) is 5.95 Å². The Labute approximate surface area is 125 Å². The summed E-state index contributed by atoms with van der Waals surface area (Å²) in [5.74, 6) is 1.87. The minimum Gasteiger partial charge on any atom is -0.382 e. The van der Waals surface area contributed by atoms with E-state index < -0.39 is 0 Å². The Kier molecular flexibility index (Phi) is 5.74. The molecule has 0 spiro atoms. The van der Waals surface area contributed by atoms with Gasteiger partial charge in [0, 0.05) is 46.0 Å². The van der Waals surface area contributed by atoms with E-state index in [1.807, 2.05) is 25.5 Å². The van der Waals surface area contributed by atoms with Crippen LogP contribution < -0.4 is 5.32 Å². The van der Waals surface area contributed by atoms with Crippen LogP contribution in [0.25, 0.3) is 0 Å². The molecule has 0 amide bonds. The molecular formula is C14H24N6O. The average molecular weight is 292 g/mol. The molecule has 2 aromatic heterocycles. The lowest BCUT2D eigenvalue weighted by atomic mass is 10.4. The number of imidazole rings is 1. The quantitative estimate of drug-likeness (QED) is 0.708. The molecule has 2 heterocycles. The van der Waals surface area contributed by atoms with Crippen LogP contribution in [-0.2, 0) is 24.8 Å². The maximum absolute atomic E-state index is 5.37. The first kappa shape index (κ1) is 15.5. The number of nitrogens with one attached hydrogen (secondary N) is 1. The Morgan fingerprint density at radius 1 is 1.38 bits per heavy atom. The highest BCUT2D eigenvalue weighted by molar-refractivity contribution is 5.28. The molecule has 0 fully saturated rings. The van der Waals surface area contributed by atoms with Crippen molar-refractivity contribution in [2.24, 2.45) is 7.05 Å². The van der Waals surface area contributed by atoms with E-state index in [0.29, 0.717) is 0 Å². The number of hydrogen-bond donors (Lipinski definition) is 1. The van der Waals surface area contributed by atoms with Crippen molar-refractivity contribution in [3.8, 4) is 0 Å². The maximum atomic E-state index is 5.37. The highest BCUT2D eigenvalue weighted by atomic mass is 16.5. The maximum Gasteiger partial charge on any atom is 0.203 e. The fourth-order valence-corrected chi connectivity index (χ4v) is 2.16. The largest absolute Gasteiger partial charge is 0.382 e. The van der Waals surface area contributed by atoms with Gasteiger partial charge in [0.25, 0.3) is 0 Å². The number of nitrogens with zero attached hydrogens (tertiary/aromatic N) is 5. The molecule has 0 aliphatic heterocycles. The summed E-state index contributed by atoms with van der Waals surface area (Å²) in [7, 11) is 1.95. The van der Waals surface area contributed by atoms with Crippen molar-refractivity contribution in [3.63, 3.8) is 0 Å². The fourth-order valence-electron chi connectivity index (χ4n) is 2.16. The van der Waals surface area contributed by atoms with E-state index in [4.69, 9.17) is 4.74 Å². The molecule has 0 radical (unpaired) electrons. The average Bonchev–Trinajstić information content (AvgIpc) is 3.02.